The molecule has 0 saturated carbocycles. The zero-order valence-electron chi connectivity index (χ0n) is 7.39. The number of hydrogen-bond donors (Lipinski definition) is 2. The van der Waals surface area contributed by atoms with Crippen molar-refractivity contribution in [2.45, 2.75) is 19.3 Å². The number of phenols is 1. The highest BCUT2D eigenvalue weighted by molar-refractivity contribution is 5.62. The molecule has 2 rings (SSSR count). The summed E-state index contributed by atoms with van der Waals surface area (Å²) in [7, 11) is 0. The van der Waals surface area contributed by atoms with E-state index >= 15 is 0 Å². The molecule has 0 fully saturated rings. The summed E-state index contributed by atoms with van der Waals surface area (Å²) < 4.78 is 0. The topological polar surface area (TPSA) is 32.3 Å². The summed E-state index contributed by atoms with van der Waals surface area (Å²) >= 11 is 0. The van der Waals surface area contributed by atoms with Gasteiger partial charge >= 0.3 is 0 Å². The second-order valence-electron chi connectivity index (χ2n) is 3.97. The van der Waals surface area contributed by atoms with Crippen LogP contribution in [0, 0.1) is 0 Å². The van der Waals surface area contributed by atoms with Gasteiger partial charge in [-0.25, -0.2) is 0 Å². The van der Waals surface area contributed by atoms with Gasteiger partial charge in [-0.1, -0.05) is 19.9 Å². The van der Waals surface area contributed by atoms with E-state index in [1.165, 1.54) is 5.56 Å². The highest BCUT2D eigenvalue weighted by atomic mass is 16.3. The lowest BCUT2D eigenvalue weighted by atomic mass is 9.87. The van der Waals surface area contributed by atoms with E-state index in [1.54, 1.807) is 12.1 Å². The van der Waals surface area contributed by atoms with Crippen molar-refractivity contribution in [3.05, 3.63) is 23.8 Å². The maximum atomic E-state index is 9.23. The smallest absolute Gasteiger partial charge is 0.117 e. The highest BCUT2D eigenvalue weighted by Crippen LogP contribution is 2.37. The molecule has 2 heteroatoms. The highest BCUT2D eigenvalue weighted by Gasteiger charge is 2.29. The number of phenolic OH excluding ortho intramolecular Hbond substituents is 1. The van der Waals surface area contributed by atoms with Crippen molar-refractivity contribution < 1.29 is 5.11 Å². The Bertz CT molecular complexity index is 318. The predicted molar refractivity (Wildman–Crippen MR) is 49.6 cm³/mol. The normalized spacial score (nSPS) is 18.5. The van der Waals surface area contributed by atoms with Gasteiger partial charge in [-0.15, -0.1) is 0 Å². The van der Waals surface area contributed by atoms with Crippen LogP contribution in [-0.2, 0) is 5.41 Å². The fourth-order valence-corrected chi connectivity index (χ4v) is 1.68. The molecular weight excluding hydrogens is 150 g/mol. The van der Waals surface area contributed by atoms with Crippen LogP contribution in [0.5, 0.6) is 5.75 Å². The van der Waals surface area contributed by atoms with Crippen LogP contribution in [0.15, 0.2) is 18.2 Å². The standard InChI is InChI=1S/C10H13NO/c1-10(2)6-11-9-5-7(12)3-4-8(9)10/h3-5,11-12H,6H2,1-2H3. The molecule has 2 nitrogen and oxygen atoms in total. The number of anilines is 1. The van der Waals surface area contributed by atoms with E-state index in [-0.39, 0.29) is 5.41 Å². The van der Waals surface area contributed by atoms with E-state index in [0.717, 1.165) is 12.2 Å². The van der Waals surface area contributed by atoms with Gasteiger partial charge in [-0.3, -0.25) is 0 Å². The molecule has 0 amide bonds. The molecule has 0 spiro atoms. The molecule has 0 saturated heterocycles. The van der Waals surface area contributed by atoms with E-state index in [4.69, 9.17) is 0 Å². The van der Waals surface area contributed by atoms with Crippen molar-refractivity contribution in [2.75, 3.05) is 11.9 Å². The van der Waals surface area contributed by atoms with Gasteiger partial charge in [0.15, 0.2) is 0 Å². The minimum atomic E-state index is 0.197. The third kappa shape index (κ3) is 0.951. The fourth-order valence-electron chi connectivity index (χ4n) is 1.68. The lowest BCUT2D eigenvalue weighted by molar-refractivity contribution is 0.475. The van der Waals surface area contributed by atoms with Gasteiger partial charge in [0.05, 0.1) is 0 Å². The number of nitrogens with one attached hydrogen (secondary N) is 1. The van der Waals surface area contributed by atoms with Crippen LogP contribution in [0.4, 0.5) is 5.69 Å². The SMILES string of the molecule is CC1(C)CNc2cc(O)ccc21. The largest absolute Gasteiger partial charge is 0.508 e. The van der Waals surface area contributed by atoms with Crippen LogP contribution in [0.25, 0.3) is 0 Å². The lowest BCUT2D eigenvalue weighted by Crippen LogP contribution is -2.18. The molecule has 1 aromatic carbocycles. The zero-order valence-corrected chi connectivity index (χ0v) is 7.39. The number of aromatic hydroxyl groups is 1. The quantitative estimate of drug-likeness (QED) is 0.613. The Labute approximate surface area is 72.2 Å². The predicted octanol–water partition coefficient (Wildman–Crippen LogP) is 2.10. The first-order valence-electron chi connectivity index (χ1n) is 4.17. The molecule has 2 N–H and O–H groups in total. The van der Waals surface area contributed by atoms with Crippen molar-refractivity contribution in [3.63, 3.8) is 0 Å². The van der Waals surface area contributed by atoms with Gasteiger partial charge in [0, 0.05) is 23.7 Å². The summed E-state index contributed by atoms with van der Waals surface area (Å²) in [4.78, 5) is 0. The molecule has 12 heavy (non-hydrogen) atoms. The molecular formula is C10H13NO. The second kappa shape index (κ2) is 2.16. The molecule has 0 aliphatic carbocycles. The molecule has 0 unspecified atom stereocenters. The summed E-state index contributed by atoms with van der Waals surface area (Å²) in [6.45, 7) is 5.34. The third-order valence-electron chi connectivity index (χ3n) is 2.45. The first kappa shape index (κ1) is 7.47. The maximum Gasteiger partial charge on any atom is 0.117 e. The van der Waals surface area contributed by atoms with Crippen LogP contribution in [0.3, 0.4) is 0 Å². The average molecular weight is 163 g/mol. The maximum absolute atomic E-state index is 9.23. The first-order valence-corrected chi connectivity index (χ1v) is 4.17. The second-order valence-corrected chi connectivity index (χ2v) is 3.97. The van der Waals surface area contributed by atoms with Gasteiger partial charge < -0.3 is 10.4 Å². The summed E-state index contributed by atoms with van der Waals surface area (Å²) in [5, 5.41) is 12.5. The molecule has 1 aromatic rings. The molecule has 1 aliphatic heterocycles. The van der Waals surface area contributed by atoms with Crippen LogP contribution >= 0.6 is 0 Å². The van der Waals surface area contributed by atoms with Crippen LogP contribution < -0.4 is 5.32 Å². The van der Waals surface area contributed by atoms with Crippen LogP contribution in [0.2, 0.25) is 0 Å². The Morgan fingerprint density at radius 3 is 2.92 bits per heavy atom. The Balaban J connectivity index is 2.55. The number of fused-ring (bicyclic) bond motifs is 1. The van der Waals surface area contributed by atoms with E-state index in [2.05, 4.69) is 19.2 Å². The van der Waals surface area contributed by atoms with Crippen LogP contribution in [-0.4, -0.2) is 11.7 Å². The Hall–Kier alpha value is -1.18. The van der Waals surface area contributed by atoms with Gasteiger partial charge in [-0.05, 0) is 11.6 Å². The minimum Gasteiger partial charge on any atom is -0.508 e. The fraction of sp³-hybridized carbons (Fsp3) is 0.400. The summed E-state index contributed by atoms with van der Waals surface area (Å²) in [6, 6.07) is 5.52. The van der Waals surface area contributed by atoms with Gasteiger partial charge in [0.2, 0.25) is 0 Å². The van der Waals surface area contributed by atoms with Gasteiger partial charge in [0.25, 0.3) is 0 Å². The Kier molecular flexibility index (Phi) is 1.34. The van der Waals surface area contributed by atoms with E-state index in [9.17, 15) is 5.11 Å². The number of rotatable bonds is 0. The average Bonchev–Trinajstić information content (AvgIpc) is 2.27. The van der Waals surface area contributed by atoms with Gasteiger partial charge in [0.1, 0.15) is 5.75 Å². The zero-order chi connectivity index (χ0) is 8.77. The van der Waals surface area contributed by atoms with Crippen molar-refractivity contribution in [1.29, 1.82) is 0 Å². The first-order chi connectivity index (χ1) is 5.59. The molecule has 0 radical (unpaired) electrons. The van der Waals surface area contributed by atoms with E-state index < -0.39 is 0 Å². The van der Waals surface area contributed by atoms with Crippen molar-refractivity contribution in [3.8, 4) is 5.75 Å². The Morgan fingerprint density at radius 1 is 1.42 bits per heavy atom. The molecule has 0 bridgehead atoms. The molecule has 0 atom stereocenters. The summed E-state index contributed by atoms with van der Waals surface area (Å²) in [5.74, 6) is 0.332. The number of benzene rings is 1. The Morgan fingerprint density at radius 2 is 2.17 bits per heavy atom. The summed E-state index contributed by atoms with van der Waals surface area (Å²) in [5.41, 5.74) is 2.56. The third-order valence-corrected chi connectivity index (χ3v) is 2.45. The number of hydrogen-bond acceptors (Lipinski definition) is 2. The van der Waals surface area contributed by atoms with Crippen molar-refractivity contribution in [2.24, 2.45) is 0 Å². The molecule has 64 valence electrons. The minimum absolute atomic E-state index is 0.197. The van der Waals surface area contributed by atoms with E-state index in [0.29, 0.717) is 5.75 Å². The monoisotopic (exact) mass is 163 g/mol. The van der Waals surface area contributed by atoms with Gasteiger partial charge in [-0.2, -0.15) is 0 Å². The molecule has 1 aliphatic rings. The summed E-state index contributed by atoms with van der Waals surface area (Å²) in [6.07, 6.45) is 0. The lowest BCUT2D eigenvalue weighted by Gasteiger charge is -2.16. The van der Waals surface area contributed by atoms with Crippen molar-refractivity contribution in [1.82, 2.24) is 0 Å². The molecule has 0 aromatic heterocycles. The van der Waals surface area contributed by atoms with E-state index in [1.807, 2.05) is 6.07 Å². The molecule has 1 heterocycles. The van der Waals surface area contributed by atoms with Crippen molar-refractivity contribution >= 4 is 5.69 Å². The van der Waals surface area contributed by atoms with Crippen LogP contribution in [0.1, 0.15) is 19.4 Å².